The molecule has 0 heterocycles. The van der Waals surface area contributed by atoms with Crippen molar-refractivity contribution < 1.29 is 9.90 Å². The van der Waals surface area contributed by atoms with Gasteiger partial charge in [-0.15, -0.1) is 0 Å². The first-order valence-corrected chi connectivity index (χ1v) is 4.36. The van der Waals surface area contributed by atoms with Crippen LogP contribution >= 0.6 is 0 Å². The van der Waals surface area contributed by atoms with Gasteiger partial charge in [-0.25, -0.2) is 0 Å². The lowest BCUT2D eigenvalue weighted by molar-refractivity contribution is -0.115. The quantitative estimate of drug-likeness (QED) is 0.654. The summed E-state index contributed by atoms with van der Waals surface area (Å²) in [5.74, 6) is 0.153. The maximum Gasteiger partial charge on any atom is 0.162 e. The Morgan fingerprint density at radius 2 is 2.42 bits per heavy atom. The largest absolute Gasteiger partial charge is 0.516 e. The molecule has 0 saturated heterocycles. The van der Waals surface area contributed by atoms with Crippen LogP contribution in [0.5, 0.6) is 0 Å². The van der Waals surface area contributed by atoms with Gasteiger partial charge in [0.05, 0.1) is 6.26 Å². The van der Waals surface area contributed by atoms with Crippen molar-refractivity contribution in [2.45, 2.75) is 32.1 Å². The van der Waals surface area contributed by atoms with E-state index >= 15 is 0 Å². The number of allylic oxidation sites excluding steroid dienone is 3. The van der Waals surface area contributed by atoms with Gasteiger partial charge in [-0.3, -0.25) is 4.79 Å². The fourth-order valence-electron chi connectivity index (χ4n) is 1.38. The summed E-state index contributed by atoms with van der Waals surface area (Å²) in [5.41, 5.74) is 0.944. The first kappa shape index (κ1) is 9.04. The highest BCUT2D eigenvalue weighted by molar-refractivity contribution is 5.96. The molecule has 0 aliphatic heterocycles. The van der Waals surface area contributed by atoms with Crippen LogP contribution < -0.4 is 0 Å². The minimum Gasteiger partial charge on any atom is -0.516 e. The van der Waals surface area contributed by atoms with Crippen LogP contribution in [-0.2, 0) is 4.79 Å². The molecule has 0 atom stereocenters. The van der Waals surface area contributed by atoms with E-state index in [9.17, 15) is 4.79 Å². The molecular formula is C10H14O2. The van der Waals surface area contributed by atoms with Crippen molar-refractivity contribution in [3.8, 4) is 0 Å². The first-order chi connectivity index (χ1) is 5.84. The molecule has 0 aromatic carbocycles. The predicted octanol–water partition coefficient (Wildman–Crippen LogP) is 2.52. The Morgan fingerprint density at radius 3 is 3.00 bits per heavy atom. The summed E-state index contributed by atoms with van der Waals surface area (Å²) < 4.78 is 0. The van der Waals surface area contributed by atoms with Crippen LogP contribution in [0.3, 0.4) is 0 Å². The number of hydrogen-bond acceptors (Lipinski definition) is 2. The second-order valence-electron chi connectivity index (χ2n) is 2.99. The molecule has 0 aromatic rings. The van der Waals surface area contributed by atoms with Gasteiger partial charge >= 0.3 is 0 Å². The molecule has 1 aliphatic rings. The molecule has 0 amide bonds. The minimum atomic E-state index is 0.153. The summed E-state index contributed by atoms with van der Waals surface area (Å²) in [4.78, 5) is 11.3. The van der Waals surface area contributed by atoms with Gasteiger partial charge in [0, 0.05) is 6.42 Å². The number of ketones is 1. The van der Waals surface area contributed by atoms with E-state index in [1.54, 1.807) is 0 Å². The Bertz CT molecular complexity index is 214. The summed E-state index contributed by atoms with van der Waals surface area (Å²) in [6.07, 6.45) is 9.05. The lowest BCUT2D eigenvalue weighted by Gasteiger charge is -2.09. The molecule has 1 rings (SSSR count). The maximum absolute atomic E-state index is 11.3. The standard InChI is InChI=1S/C10H14O2/c11-8-4-7-10(12)9-5-2-1-3-6-9/h4-5,8,11H,1-3,6-7H2. The molecule has 2 heteroatoms. The van der Waals surface area contributed by atoms with Gasteiger partial charge in [-0.05, 0) is 37.3 Å². The second kappa shape index (κ2) is 4.75. The number of rotatable bonds is 3. The van der Waals surface area contributed by atoms with Crippen LogP contribution in [-0.4, -0.2) is 10.9 Å². The molecule has 2 nitrogen and oxygen atoms in total. The SMILES string of the molecule is O=C(CC=CO)C1=CCCCC1. The third-order valence-electron chi connectivity index (χ3n) is 2.06. The molecule has 0 aromatic heterocycles. The highest BCUT2D eigenvalue weighted by Crippen LogP contribution is 2.18. The van der Waals surface area contributed by atoms with Crippen LogP contribution in [0.4, 0.5) is 0 Å². The molecule has 1 aliphatic carbocycles. The lowest BCUT2D eigenvalue weighted by Crippen LogP contribution is -2.04. The molecule has 0 unspecified atom stereocenters. The van der Waals surface area contributed by atoms with E-state index in [0.717, 1.165) is 31.1 Å². The van der Waals surface area contributed by atoms with Crippen molar-refractivity contribution in [2.24, 2.45) is 0 Å². The van der Waals surface area contributed by atoms with E-state index in [1.807, 2.05) is 6.08 Å². The van der Waals surface area contributed by atoms with Crippen molar-refractivity contribution in [3.63, 3.8) is 0 Å². The number of aliphatic hydroxyl groups is 1. The Labute approximate surface area is 72.6 Å². The average Bonchev–Trinajstić information content (AvgIpc) is 2.15. The minimum absolute atomic E-state index is 0.153. The Kier molecular flexibility index (Phi) is 3.58. The van der Waals surface area contributed by atoms with E-state index in [1.165, 1.54) is 12.5 Å². The zero-order valence-corrected chi connectivity index (χ0v) is 7.12. The first-order valence-electron chi connectivity index (χ1n) is 4.36. The molecule has 0 radical (unpaired) electrons. The third kappa shape index (κ3) is 2.53. The molecule has 0 fully saturated rings. The highest BCUT2D eigenvalue weighted by Gasteiger charge is 2.10. The predicted molar refractivity (Wildman–Crippen MR) is 47.9 cm³/mol. The number of aliphatic hydroxyl groups excluding tert-OH is 1. The lowest BCUT2D eigenvalue weighted by atomic mass is 9.95. The van der Waals surface area contributed by atoms with Gasteiger partial charge in [-0.1, -0.05) is 6.08 Å². The van der Waals surface area contributed by atoms with Crippen molar-refractivity contribution in [2.75, 3.05) is 0 Å². The number of carbonyl (C=O) groups is 1. The van der Waals surface area contributed by atoms with Gasteiger partial charge in [0.15, 0.2) is 5.78 Å². The van der Waals surface area contributed by atoms with Gasteiger partial charge < -0.3 is 5.11 Å². The second-order valence-corrected chi connectivity index (χ2v) is 2.99. The molecule has 1 N–H and O–H groups in total. The molecule has 0 bridgehead atoms. The fourth-order valence-corrected chi connectivity index (χ4v) is 1.38. The Balaban J connectivity index is 2.45. The van der Waals surface area contributed by atoms with Crippen LogP contribution in [0.2, 0.25) is 0 Å². The molecular weight excluding hydrogens is 152 g/mol. The topological polar surface area (TPSA) is 37.3 Å². The molecule has 66 valence electrons. The fraction of sp³-hybridized carbons (Fsp3) is 0.500. The van der Waals surface area contributed by atoms with Crippen LogP contribution in [0.15, 0.2) is 24.0 Å². The van der Waals surface area contributed by atoms with Gasteiger partial charge in [0.2, 0.25) is 0 Å². The zero-order chi connectivity index (χ0) is 8.81. The van der Waals surface area contributed by atoms with Crippen molar-refractivity contribution in [1.29, 1.82) is 0 Å². The molecule has 0 saturated carbocycles. The Hall–Kier alpha value is -1.05. The highest BCUT2D eigenvalue weighted by atomic mass is 16.2. The van der Waals surface area contributed by atoms with Crippen LogP contribution in [0.1, 0.15) is 32.1 Å². The van der Waals surface area contributed by atoms with Crippen LogP contribution in [0.25, 0.3) is 0 Å². The third-order valence-corrected chi connectivity index (χ3v) is 2.06. The summed E-state index contributed by atoms with van der Waals surface area (Å²) in [6.45, 7) is 0. The van der Waals surface area contributed by atoms with Gasteiger partial charge in [0.1, 0.15) is 0 Å². The summed E-state index contributed by atoms with van der Waals surface area (Å²) in [7, 11) is 0. The van der Waals surface area contributed by atoms with Crippen molar-refractivity contribution in [1.82, 2.24) is 0 Å². The summed E-state index contributed by atoms with van der Waals surface area (Å²) in [5, 5.41) is 8.36. The van der Waals surface area contributed by atoms with Gasteiger partial charge in [-0.2, -0.15) is 0 Å². The van der Waals surface area contributed by atoms with E-state index in [-0.39, 0.29) is 5.78 Å². The van der Waals surface area contributed by atoms with E-state index in [2.05, 4.69) is 0 Å². The Morgan fingerprint density at radius 1 is 1.58 bits per heavy atom. The number of hydrogen-bond donors (Lipinski definition) is 1. The van der Waals surface area contributed by atoms with E-state index in [0.29, 0.717) is 6.42 Å². The number of Topliss-reactive ketones (excluding diaryl/α,β-unsaturated/α-hetero) is 1. The normalized spacial score (nSPS) is 17.8. The summed E-state index contributed by atoms with van der Waals surface area (Å²) in [6, 6.07) is 0. The molecule has 0 spiro atoms. The van der Waals surface area contributed by atoms with Crippen molar-refractivity contribution in [3.05, 3.63) is 24.0 Å². The average molecular weight is 166 g/mol. The van der Waals surface area contributed by atoms with E-state index < -0.39 is 0 Å². The summed E-state index contributed by atoms with van der Waals surface area (Å²) >= 11 is 0. The zero-order valence-electron chi connectivity index (χ0n) is 7.12. The van der Waals surface area contributed by atoms with Crippen LogP contribution in [0, 0.1) is 0 Å². The van der Waals surface area contributed by atoms with Crippen molar-refractivity contribution >= 4 is 5.78 Å². The van der Waals surface area contributed by atoms with E-state index in [4.69, 9.17) is 5.11 Å². The molecule has 12 heavy (non-hydrogen) atoms. The maximum atomic E-state index is 11.3. The smallest absolute Gasteiger partial charge is 0.162 e. The van der Waals surface area contributed by atoms with Gasteiger partial charge in [0.25, 0.3) is 0 Å². The monoisotopic (exact) mass is 166 g/mol. The number of carbonyl (C=O) groups excluding carboxylic acids is 1.